The predicted octanol–water partition coefficient (Wildman–Crippen LogP) is 14.4. The molecule has 0 bridgehead atoms. The van der Waals surface area contributed by atoms with Gasteiger partial charge in [-0.05, 0) is 44.9 Å². The van der Waals surface area contributed by atoms with Crippen molar-refractivity contribution >= 4 is 13.7 Å². The molecule has 3 atom stereocenters. The van der Waals surface area contributed by atoms with Gasteiger partial charge in [-0.25, -0.2) is 0 Å². The Labute approximate surface area is 378 Å². The number of likely N-dealkylation sites (N-methyl/N-ethyl adjacent to an activating group) is 1. The number of carbonyl (C=O) groups is 1. The van der Waals surface area contributed by atoms with E-state index in [0.29, 0.717) is 17.4 Å². The summed E-state index contributed by atoms with van der Waals surface area (Å²) in [4.78, 5) is 25.4. The molecule has 360 valence electrons. The van der Waals surface area contributed by atoms with Crippen molar-refractivity contribution in [3.8, 4) is 0 Å². The molecule has 0 aromatic heterocycles. The van der Waals surface area contributed by atoms with Crippen LogP contribution in [0.4, 0.5) is 0 Å². The van der Waals surface area contributed by atoms with Crippen molar-refractivity contribution in [2.75, 3.05) is 40.9 Å². The number of unbranched alkanes of at least 4 members (excludes halogenated alkanes) is 30. The summed E-state index contributed by atoms with van der Waals surface area (Å²) in [5, 5.41) is 13.9. The average molecular weight is 881 g/mol. The molecule has 0 spiro atoms. The average Bonchev–Trinajstić information content (AvgIpc) is 3.21. The van der Waals surface area contributed by atoms with E-state index in [4.69, 9.17) is 9.05 Å². The molecule has 0 saturated carbocycles. The van der Waals surface area contributed by atoms with Crippen LogP contribution in [0.5, 0.6) is 0 Å². The van der Waals surface area contributed by atoms with Crippen molar-refractivity contribution in [1.82, 2.24) is 5.32 Å². The molecular weight excluding hydrogens is 780 g/mol. The molecular formula is C52H101N2O6P. The van der Waals surface area contributed by atoms with E-state index in [-0.39, 0.29) is 19.1 Å². The van der Waals surface area contributed by atoms with Gasteiger partial charge in [-0.3, -0.25) is 9.36 Å². The Hall–Kier alpha value is -1.28. The maximum atomic E-state index is 12.9. The van der Waals surface area contributed by atoms with Gasteiger partial charge in [-0.15, -0.1) is 0 Å². The quantitative estimate of drug-likeness (QED) is 0.0273. The number of aliphatic hydroxyl groups is 1. The molecule has 0 rings (SSSR count). The molecule has 0 saturated heterocycles. The zero-order valence-corrected chi connectivity index (χ0v) is 41.8. The number of amides is 1. The second-order valence-electron chi connectivity index (χ2n) is 18.9. The molecule has 0 aromatic carbocycles. The normalized spacial score (nSPS) is 14.4. The minimum Gasteiger partial charge on any atom is -0.756 e. The van der Waals surface area contributed by atoms with Crippen LogP contribution in [-0.4, -0.2) is 68.5 Å². The van der Waals surface area contributed by atoms with Gasteiger partial charge < -0.3 is 28.8 Å². The molecule has 0 aliphatic carbocycles. The number of allylic oxidation sites excluding steroid dienone is 5. The summed E-state index contributed by atoms with van der Waals surface area (Å²) in [7, 11) is 1.27. The number of phosphoric acid groups is 1. The van der Waals surface area contributed by atoms with Gasteiger partial charge in [0, 0.05) is 6.42 Å². The van der Waals surface area contributed by atoms with Crippen molar-refractivity contribution < 1.29 is 32.9 Å². The monoisotopic (exact) mass is 881 g/mol. The van der Waals surface area contributed by atoms with Gasteiger partial charge in [0.25, 0.3) is 7.82 Å². The summed E-state index contributed by atoms with van der Waals surface area (Å²) < 4.78 is 23.3. The summed E-state index contributed by atoms with van der Waals surface area (Å²) in [5.74, 6) is -0.196. The second-order valence-corrected chi connectivity index (χ2v) is 20.3. The summed E-state index contributed by atoms with van der Waals surface area (Å²) in [6.07, 6.45) is 54.8. The van der Waals surface area contributed by atoms with E-state index in [1.54, 1.807) is 6.08 Å². The van der Waals surface area contributed by atoms with E-state index >= 15 is 0 Å². The SMILES string of the molecule is CC/C=C\C/C=C\CCCCCCCCCCCCCCCCC(=O)NC(COP(=O)([O-])OCC[N+](C)(C)C)C(O)/C=C/CCCCCCCCCCCCCCCCCC. The first-order valence-corrected chi connectivity index (χ1v) is 27.3. The lowest BCUT2D eigenvalue weighted by molar-refractivity contribution is -0.870. The lowest BCUT2D eigenvalue weighted by atomic mass is 10.0. The maximum absolute atomic E-state index is 12.9. The highest BCUT2D eigenvalue weighted by molar-refractivity contribution is 7.45. The fourth-order valence-electron chi connectivity index (χ4n) is 7.54. The van der Waals surface area contributed by atoms with E-state index in [1.165, 1.54) is 167 Å². The molecule has 0 aliphatic rings. The second kappa shape index (κ2) is 43.9. The number of rotatable bonds is 47. The predicted molar refractivity (Wildman–Crippen MR) is 261 cm³/mol. The Bertz CT molecular complexity index is 1090. The Morgan fingerprint density at radius 2 is 1.00 bits per heavy atom. The number of hydrogen-bond donors (Lipinski definition) is 2. The minimum atomic E-state index is -4.59. The third-order valence-corrected chi connectivity index (χ3v) is 12.6. The van der Waals surface area contributed by atoms with Crippen LogP contribution in [0.3, 0.4) is 0 Å². The molecule has 2 N–H and O–H groups in total. The summed E-state index contributed by atoms with van der Waals surface area (Å²) in [6, 6.07) is -0.885. The molecule has 0 radical (unpaired) electrons. The van der Waals surface area contributed by atoms with Gasteiger partial charge in [0.2, 0.25) is 5.91 Å². The third kappa shape index (κ3) is 46.5. The van der Waals surface area contributed by atoms with E-state index in [2.05, 4.69) is 43.5 Å². The van der Waals surface area contributed by atoms with Crippen LogP contribution in [0.1, 0.15) is 239 Å². The van der Waals surface area contributed by atoms with Crippen LogP contribution in [0.15, 0.2) is 36.5 Å². The number of phosphoric ester groups is 1. The van der Waals surface area contributed by atoms with E-state index < -0.39 is 20.0 Å². The zero-order chi connectivity index (χ0) is 45.0. The molecule has 9 heteroatoms. The zero-order valence-electron chi connectivity index (χ0n) is 40.9. The molecule has 0 aromatic rings. The van der Waals surface area contributed by atoms with Crippen LogP contribution in [0.25, 0.3) is 0 Å². The lowest BCUT2D eigenvalue weighted by Crippen LogP contribution is -2.45. The maximum Gasteiger partial charge on any atom is 0.268 e. The molecule has 3 unspecified atom stereocenters. The molecule has 0 heterocycles. The first-order valence-electron chi connectivity index (χ1n) is 25.9. The number of hydrogen-bond acceptors (Lipinski definition) is 6. The number of carbonyl (C=O) groups excluding carboxylic acids is 1. The highest BCUT2D eigenvalue weighted by Gasteiger charge is 2.23. The fourth-order valence-corrected chi connectivity index (χ4v) is 8.27. The van der Waals surface area contributed by atoms with Crippen LogP contribution >= 0.6 is 7.82 Å². The van der Waals surface area contributed by atoms with E-state index in [1.807, 2.05) is 27.2 Å². The highest BCUT2D eigenvalue weighted by Crippen LogP contribution is 2.38. The Balaban J connectivity index is 4.28. The summed E-state index contributed by atoms with van der Waals surface area (Å²) in [6.45, 7) is 4.57. The van der Waals surface area contributed by atoms with Crippen LogP contribution in [0.2, 0.25) is 0 Å². The van der Waals surface area contributed by atoms with Crippen LogP contribution in [0, 0.1) is 0 Å². The molecule has 0 aliphatic heterocycles. The van der Waals surface area contributed by atoms with Crippen molar-refractivity contribution in [3.05, 3.63) is 36.5 Å². The number of nitrogens with one attached hydrogen (secondary N) is 1. The largest absolute Gasteiger partial charge is 0.756 e. The first-order chi connectivity index (χ1) is 29.5. The van der Waals surface area contributed by atoms with Crippen molar-refractivity contribution in [2.45, 2.75) is 251 Å². The van der Waals surface area contributed by atoms with E-state index in [0.717, 1.165) is 51.4 Å². The molecule has 1 amide bonds. The summed E-state index contributed by atoms with van der Waals surface area (Å²) >= 11 is 0. The standard InChI is InChI=1S/C52H101N2O6P/c1-6-8-10-12-14-16-18-20-22-24-26-27-28-30-32-34-36-38-40-42-44-46-52(56)53-50(49-60-61(57,58)59-48-47-54(3,4)5)51(55)45-43-41-39-37-35-33-31-29-25-23-21-19-17-15-13-11-9-7-2/h8,10,14,16,43,45,50-51,55H,6-7,9,11-13,15,17-42,44,46-49H2,1-5H3,(H-,53,56,57,58)/b10-8-,16-14-,45-43+. The first kappa shape index (κ1) is 59.7. The summed E-state index contributed by atoms with van der Waals surface area (Å²) in [5.41, 5.74) is 0. The van der Waals surface area contributed by atoms with E-state index in [9.17, 15) is 19.4 Å². The molecule has 61 heavy (non-hydrogen) atoms. The van der Waals surface area contributed by atoms with Gasteiger partial charge in [0.05, 0.1) is 39.9 Å². The van der Waals surface area contributed by atoms with Gasteiger partial charge >= 0.3 is 0 Å². The van der Waals surface area contributed by atoms with Crippen LogP contribution < -0.4 is 10.2 Å². The Morgan fingerprint density at radius 3 is 1.44 bits per heavy atom. The smallest absolute Gasteiger partial charge is 0.268 e. The molecule has 8 nitrogen and oxygen atoms in total. The number of quaternary nitrogens is 1. The highest BCUT2D eigenvalue weighted by atomic mass is 31.2. The lowest BCUT2D eigenvalue weighted by Gasteiger charge is -2.29. The molecule has 0 fully saturated rings. The Kier molecular flexibility index (Phi) is 43.0. The van der Waals surface area contributed by atoms with Gasteiger partial charge in [0.15, 0.2) is 0 Å². The van der Waals surface area contributed by atoms with Gasteiger partial charge in [0.1, 0.15) is 13.2 Å². The topological polar surface area (TPSA) is 108 Å². The Morgan fingerprint density at radius 1 is 0.590 bits per heavy atom. The number of aliphatic hydroxyl groups excluding tert-OH is 1. The third-order valence-electron chi connectivity index (χ3n) is 11.6. The van der Waals surface area contributed by atoms with Gasteiger partial charge in [-0.1, -0.05) is 224 Å². The minimum absolute atomic E-state index is 0.000248. The number of nitrogens with zero attached hydrogens (tertiary/aromatic N) is 1. The van der Waals surface area contributed by atoms with Crippen LogP contribution in [-0.2, 0) is 18.4 Å². The van der Waals surface area contributed by atoms with Crippen molar-refractivity contribution in [3.63, 3.8) is 0 Å². The van der Waals surface area contributed by atoms with Crippen molar-refractivity contribution in [2.24, 2.45) is 0 Å². The fraction of sp³-hybridized carbons (Fsp3) is 0.865. The van der Waals surface area contributed by atoms with Gasteiger partial charge in [-0.2, -0.15) is 0 Å². The van der Waals surface area contributed by atoms with Crippen molar-refractivity contribution in [1.29, 1.82) is 0 Å².